The standard InChI is InChI=1S/C17H27F2NO2SSi/c1-16(2,3)24(4,5)22-9-7-12-11-10-14(15(20)21)23-13(11)6-8-17(12,18)19/h10,12H,6-9H2,1-5H3,(H2,20,21). The van der Waals surface area contributed by atoms with E-state index in [0.717, 1.165) is 4.88 Å². The van der Waals surface area contributed by atoms with Gasteiger partial charge in [0.15, 0.2) is 8.32 Å². The SMILES string of the molecule is CC(C)(C)[Si](C)(C)OCCC1c2cc(C(N)=O)sc2CCC1(F)F. The van der Waals surface area contributed by atoms with Crippen molar-refractivity contribution in [3.8, 4) is 0 Å². The molecule has 2 N–H and O–H groups in total. The average Bonchev–Trinajstić information content (AvgIpc) is 2.84. The van der Waals surface area contributed by atoms with Gasteiger partial charge in [-0.2, -0.15) is 0 Å². The second-order valence-electron chi connectivity index (χ2n) is 8.06. The molecule has 136 valence electrons. The third-order valence-corrected chi connectivity index (χ3v) is 11.1. The number of amides is 1. The molecule has 0 spiro atoms. The highest BCUT2D eigenvalue weighted by atomic mass is 32.1. The molecule has 0 fully saturated rings. The number of carbonyl (C=O) groups is 1. The smallest absolute Gasteiger partial charge is 0.258 e. The first-order valence-corrected chi connectivity index (χ1v) is 12.0. The van der Waals surface area contributed by atoms with Crippen LogP contribution >= 0.6 is 11.3 Å². The minimum Gasteiger partial charge on any atom is -0.417 e. The quantitative estimate of drug-likeness (QED) is 0.742. The van der Waals surface area contributed by atoms with Crippen molar-refractivity contribution in [1.82, 2.24) is 0 Å². The first kappa shape index (κ1) is 19.5. The summed E-state index contributed by atoms with van der Waals surface area (Å²) in [7, 11) is -1.96. The highest BCUT2D eigenvalue weighted by Gasteiger charge is 2.45. The number of aryl methyl sites for hydroxylation is 1. The van der Waals surface area contributed by atoms with Crippen molar-refractivity contribution in [3.63, 3.8) is 0 Å². The molecule has 3 nitrogen and oxygen atoms in total. The Morgan fingerprint density at radius 1 is 1.46 bits per heavy atom. The molecular formula is C17H27F2NO2SSi. The Bertz CT molecular complexity index is 623. The van der Waals surface area contributed by atoms with E-state index in [-0.39, 0.29) is 17.9 Å². The van der Waals surface area contributed by atoms with Crippen LogP contribution in [0.1, 0.15) is 59.6 Å². The first-order valence-electron chi connectivity index (χ1n) is 8.29. The maximum atomic E-state index is 14.5. The van der Waals surface area contributed by atoms with E-state index in [0.29, 0.717) is 23.5 Å². The zero-order chi connectivity index (χ0) is 18.3. The number of fused-ring (bicyclic) bond motifs is 1. The second kappa shape index (κ2) is 6.50. The van der Waals surface area contributed by atoms with Crippen LogP contribution in [0, 0.1) is 0 Å². The molecule has 0 aliphatic heterocycles. The molecule has 1 aromatic rings. The number of rotatable bonds is 5. The Morgan fingerprint density at radius 2 is 2.08 bits per heavy atom. The molecular weight excluding hydrogens is 348 g/mol. The minimum absolute atomic E-state index is 0.0504. The maximum absolute atomic E-state index is 14.5. The van der Waals surface area contributed by atoms with Crippen LogP contribution in [0.3, 0.4) is 0 Å². The number of hydrogen-bond donors (Lipinski definition) is 1. The van der Waals surface area contributed by atoms with Gasteiger partial charge in [-0.1, -0.05) is 20.8 Å². The Labute approximate surface area is 147 Å². The number of carbonyl (C=O) groups excluding carboxylic acids is 1. The molecule has 2 rings (SSSR count). The molecule has 1 unspecified atom stereocenters. The van der Waals surface area contributed by atoms with Crippen molar-refractivity contribution < 1.29 is 18.0 Å². The van der Waals surface area contributed by atoms with E-state index in [9.17, 15) is 13.6 Å². The normalized spacial score (nSPS) is 20.7. The lowest BCUT2D eigenvalue weighted by molar-refractivity contribution is -0.0465. The summed E-state index contributed by atoms with van der Waals surface area (Å²) in [5.41, 5.74) is 5.90. The lowest BCUT2D eigenvalue weighted by atomic mass is 9.82. The Morgan fingerprint density at radius 3 is 2.62 bits per heavy atom. The molecule has 1 aliphatic carbocycles. The van der Waals surface area contributed by atoms with E-state index < -0.39 is 26.1 Å². The van der Waals surface area contributed by atoms with Crippen molar-refractivity contribution in [2.45, 2.75) is 70.0 Å². The fourth-order valence-corrected chi connectivity index (χ4v) is 4.89. The van der Waals surface area contributed by atoms with Crippen molar-refractivity contribution >= 4 is 25.6 Å². The van der Waals surface area contributed by atoms with E-state index in [4.69, 9.17) is 10.2 Å². The van der Waals surface area contributed by atoms with Crippen LogP contribution in [0.5, 0.6) is 0 Å². The average molecular weight is 376 g/mol. The molecule has 0 aromatic carbocycles. The summed E-state index contributed by atoms with van der Waals surface area (Å²) in [6.07, 6.45) is 0.394. The van der Waals surface area contributed by atoms with Crippen molar-refractivity contribution in [3.05, 3.63) is 21.4 Å². The first-order chi connectivity index (χ1) is 10.8. The van der Waals surface area contributed by atoms with Gasteiger partial charge in [0.1, 0.15) is 0 Å². The van der Waals surface area contributed by atoms with Crippen LogP contribution in [-0.2, 0) is 10.8 Å². The van der Waals surface area contributed by atoms with Gasteiger partial charge in [0.25, 0.3) is 11.8 Å². The van der Waals surface area contributed by atoms with Gasteiger partial charge < -0.3 is 10.2 Å². The molecule has 1 amide bonds. The molecule has 0 saturated carbocycles. The lowest BCUT2D eigenvalue weighted by Crippen LogP contribution is -2.41. The number of primary amides is 1. The summed E-state index contributed by atoms with van der Waals surface area (Å²) in [5.74, 6) is -4.20. The Balaban J connectivity index is 2.15. The zero-order valence-corrected chi connectivity index (χ0v) is 16.9. The molecule has 1 aliphatic rings. The van der Waals surface area contributed by atoms with Crippen LogP contribution in [0.15, 0.2) is 6.07 Å². The van der Waals surface area contributed by atoms with Gasteiger partial charge in [0.2, 0.25) is 0 Å². The van der Waals surface area contributed by atoms with Gasteiger partial charge >= 0.3 is 0 Å². The van der Waals surface area contributed by atoms with E-state index in [2.05, 4.69) is 33.9 Å². The molecule has 0 radical (unpaired) electrons. The lowest BCUT2D eigenvalue weighted by Gasteiger charge is -2.37. The zero-order valence-electron chi connectivity index (χ0n) is 15.0. The van der Waals surface area contributed by atoms with Gasteiger partial charge in [-0.05, 0) is 42.6 Å². The van der Waals surface area contributed by atoms with Gasteiger partial charge in [0, 0.05) is 17.9 Å². The highest BCUT2D eigenvalue weighted by Crippen LogP contribution is 2.48. The third kappa shape index (κ3) is 3.89. The van der Waals surface area contributed by atoms with Crippen LogP contribution in [0.2, 0.25) is 18.1 Å². The van der Waals surface area contributed by atoms with Crippen LogP contribution in [0.4, 0.5) is 8.78 Å². The van der Waals surface area contributed by atoms with Crippen LogP contribution in [-0.4, -0.2) is 26.8 Å². The predicted molar refractivity (Wildman–Crippen MR) is 96.6 cm³/mol. The number of alkyl halides is 2. The summed E-state index contributed by atoms with van der Waals surface area (Å²) in [5, 5.41) is 0.0504. The molecule has 1 aromatic heterocycles. The summed E-state index contributed by atoms with van der Waals surface area (Å²) >= 11 is 1.25. The second-order valence-corrected chi connectivity index (χ2v) is 14.0. The fourth-order valence-electron chi connectivity index (χ4n) is 2.75. The van der Waals surface area contributed by atoms with Gasteiger partial charge in [-0.15, -0.1) is 11.3 Å². The van der Waals surface area contributed by atoms with Crippen molar-refractivity contribution in [1.29, 1.82) is 0 Å². The molecule has 0 saturated heterocycles. The Kier molecular flexibility index (Phi) is 5.29. The number of hydrogen-bond acceptors (Lipinski definition) is 3. The highest BCUT2D eigenvalue weighted by molar-refractivity contribution is 7.14. The molecule has 7 heteroatoms. The molecule has 1 heterocycles. The summed E-state index contributed by atoms with van der Waals surface area (Å²) in [4.78, 5) is 12.6. The Hall–Kier alpha value is -0.793. The molecule has 24 heavy (non-hydrogen) atoms. The number of halogens is 2. The third-order valence-electron chi connectivity index (χ3n) is 5.33. The van der Waals surface area contributed by atoms with Crippen molar-refractivity contribution in [2.75, 3.05) is 6.61 Å². The molecule has 0 bridgehead atoms. The largest absolute Gasteiger partial charge is 0.417 e. The van der Waals surface area contributed by atoms with Crippen LogP contribution < -0.4 is 5.73 Å². The fraction of sp³-hybridized carbons (Fsp3) is 0.706. The van der Waals surface area contributed by atoms with Gasteiger partial charge in [0.05, 0.1) is 10.8 Å². The van der Waals surface area contributed by atoms with Crippen LogP contribution in [0.25, 0.3) is 0 Å². The molecule has 1 atom stereocenters. The van der Waals surface area contributed by atoms with E-state index in [1.807, 2.05) is 0 Å². The minimum atomic E-state index is -2.76. The number of thiophene rings is 1. The maximum Gasteiger partial charge on any atom is 0.258 e. The van der Waals surface area contributed by atoms with Gasteiger partial charge in [-0.3, -0.25) is 4.79 Å². The van der Waals surface area contributed by atoms with E-state index in [1.54, 1.807) is 6.07 Å². The summed E-state index contributed by atoms with van der Waals surface area (Å²) < 4.78 is 35.0. The number of nitrogens with two attached hydrogens (primary N) is 1. The van der Waals surface area contributed by atoms with E-state index >= 15 is 0 Å². The monoisotopic (exact) mass is 375 g/mol. The summed E-state index contributed by atoms with van der Waals surface area (Å²) in [6.45, 7) is 10.9. The predicted octanol–water partition coefficient (Wildman–Crippen LogP) is 4.92. The summed E-state index contributed by atoms with van der Waals surface area (Å²) in [6, 6.07) is 1.56. The van der Waals surface area contributed by atoms with E-state index in [1.165, 1.54) is 11.3 Å². The topological polar surface area (TPSA) is 52.3 Å². The van der Waals surface area contributed by atoms with Crippen molar-refractivity contribution in [2.24, 2.45) is 5.73 Å². The van der Waals surface area contributed by atoms with Gasteiger partial charge in [-0.25, -0.2) is 8.78 Å².